The second-order valence-corrected chi connectivity index (χ2v) is 9.09. The van der Waals surface area contributed by atoms with Crippen molar-refractivity contribution >= 4 is 21.5 Å². The summed E-state index contributed by atoms with van der Waals surface area (Å²) in [6.45, 7) is 22.3. The Hall–Kier alpha value is -0.877. The number of aryl methyl sites for hydroxylation is 6. The van der Waals surface area contributed by atoms with Crippen LogP contribution >= 0.6 is 0 Å². The van der Waals surface area contributed by atoms with E-state index in [2.05, 4.69) is 93.5 Å². The third-order valence-corrected chi connectivity index (χ3v) is 7.71. The van der Waals surface area contributed by atoms with E-state index in [0.29, 0.717) is 0 Å². The number of rotatable bonds is 2. The van der Waals surface area contributed by atoms with Gasteiger partial charge in [0.15, 0.2) is 0 Å². The van der Waals surface area contributed by atoms with Crippen molar-refractivity contribution in [2.45, 2.75) is 82.1 Å². The molecule has 0 atom stereocenters. The van der Waals surface area contributed by atoms with Crippen LogP contribution in [0, 0.1) is 55.4 Å². The van der Waals surface area contributed by atoms with E-state index >= 15 is 0 Å². The number of fused-ring (bicyclic) bond motifs is 2. The number of hydrogen-bond donors (Lipinski definition) is 0. The zero-order valence-corrected chi connectivity index (χ0v) is 25.9. The van der Waals surface area contributed by atoms with E-state index in [1.807, 2.05) is 0 Å². The normalized spacial score (nSPS) is 10.2. The molecule has 0 unspecified atom stereocenters. The van der Waals surface area contributed by atoms with E-state index in [4.69, 9.17) is 0 Å². The first-order chi connectivity index (χ1) is 14.1. The van der Waals surface area contributed by atoms with Crippen molar-refractivity contribution in [1.29, 1.82) is 0 Å². The van der Waals surface area contributed by atoms with Gasteiger partial charge in [0.2, 0.25) is 0 Å². The van der Waals surface area contributed by atoms with Gasteiger partial charge in [0, 0.05) is 0 Å². The molecule has 0 bridgehead atoms. The maximum Gasteiger partial charge on any atom is 4.00 e. The van der Waals surface area contributed by atoms with Gasteiger partial charge in [0.25, 0.3) is 0 Å². The van der Waals surface area contributed by atoms with E-state index in [-0.39, 0.29) is 51.0 Å². The third-order valence-electron chi connectivity index (χ3n) is 7.71. The average molecular weight is 561 g/mol. The molecule has 0 fully saturated rings. The molecule has 0 aromatic heterocycles. The summed E-state index contributed by atoms with van der Waals surface area (Å²) in [5.41, 5.74) is 14.5. The molecule has 176 valence electrons. The molecule has 4 aromatic rings. The predicted octanol–water partition coefficient (Wildman–Crippen LogP) is 2.72. The molecule has 0 heterocycles. The largest absolute Gasteiger partial charge is 4.00 e. The minimum Gasteiger partial charge on any atom is -1.00 e. The van der Waals surface area contributed by atoms with Gasteiger partial charge in [0.1, 0.15) is 0 Å². The molecular formula is C30H38Cl2Zr. The zero-order chi connectivity index (χ0) is 22.3. The van der Waals surface area contributed by atoms with Crippen molar-refractivity contribution in [2.75, 3.05) is 0 Å². The molecule has 0 nitrogen and oxygen atoms in total. The molecule has 4 aromatic carbocycles. The van der Waals surface area contributed by atoms with Crippen molar-refractivity contribution in [3.8, 4) is 0 Å². The molecule has 0 aliphatic heterocycles. The minimum atomic E-state index is 0. The maximum absolute atomic E-state index is 2.35. The molecule has 0 aliphatic carbocycles. The summed E-state index contributed by atoms with van der Waals surface area (Å²) >= 11 is 0. The van der Waals surface area contributed by atoms with Crippen LogP contribution in [-0.2, 0) is 39.0 Å². The van der Waals surface area contributed by atoms with Crippen LogP contribution < -0.4 is 24.8 Å². The van der Waals surface area contributed by atoms with Crippen LogP contribution in [0.15, 0.2) is 24.3 Å². The van der Waals surface area contributed by atoms with Gasteiger partial charge < -0.3 is 24.8 Å². The summed E-state index contributed by atoms with van der Waals surface area (Å²) in [5.74, 6) is 0. The average Bonchev–Trinajstić information content (AvgIpc) is 3.38. The van der Waals surface area contributed by atoms with Crippen LogP contribution in [-0.4, -0.2) is 0 Å². The van der Waals surface area contributed by atoms with Crippen LogP contribution in [0.5, 0.6) is 0 Å². The fraction of sp³-hybridized carbons (Fsp3) is 0.400. The van der Waals surface area contributed by atoms with E-state index in [1.165, 1.54) is 77.2 Å². The summed E-state index contributed by atoms with van der Waals surface area (Å²) in [7, 11) is 0. The molecule has 0 spiro atoms. The molecule has 4 rings (SSSR count). The smallest absolute Gasteiger partial charge is 1.00 e. The Morgan fingerprint density at radius 1 is 0.485 bits per heavy atom. The Morgan fingerprint density at radius 2 is 0.758 bits per heavy atom. The van der Waals surface area contributed by atoms with Crippen LogP contribution in [0.3, 0.4) is 0 Å². The fourth-order valence-corrected chi connectivity index (χ4v) is 4.72. The Balaban J connectivity index is 0.000000569. The van der Waals surface area contributed by atoms with E-state index in [0.717, 1.165) is 12.8 Å². The fourth-order valence-electron chi connectivity index (χ4n) is 4.72. The number of hydrogen-bond acceptors (Lipinski definition) is 0. The van der Waals surface area contributed by atoms with Gasteiger partial charge in [-0.05, 0) is 54.4 Å². The SMILES string of the molecule is CCc1cc2c(C)c(C)c(C)c(C)c2[cH-]1.CCc1cc2c(C)c(C)c(C)c(C)c2[cH-]1.[Cl-].[Cl-].[Zr+4]. The van der Waals surface area contributed by atoms with Crippen LogP contribution in [0.1, 0.15) is 69.5 Å². The van der Waals surface area contributed by atoms with Crippen molar-refractivity contribution in [3.63, 3.8) is 0 Å². The van der Waals surface area contributed by atoms with Gasteiger partial charge >= 0.3 is 26.2 Å². The Bertz CT molecular complexity index is 1050. The van der Waals surface area contributed by atoms with Crippen molar-refractivity contribution in [2.24, 2.45) is 0 Å². The van der Waals surface area contributed by atoms with Crippen LogP contribution in [0.25, 0.3) is 21.5 Å². The number of halogens is 2. The van der Waals surface area contributed by atoms with Gasteiger partial charge in [-0.3, -0.25) is 0 Å². The summed E-state index contributed by atoms with van der Waals surface area (Å²) < 4.78 is 0. The first-order valence-corrected chi connectivity index (χ1v) is 11.4. The molecule has 0 radical (unpaired) electrons. The first-order valence-electron chi connectivity index (χ1n) is 11.4. The quantitative estimate of drug-likeness (QED) is 0.331. The standard InChI is InChI=1S/2C15H19.2ClH.Zr/c2*1-6-13-7-14-11(4)9(2)10(3)12(5)15(14)8-13;;;/h2*7-8H,6H2,1-5H3;2*1H;/q2*-1;;;+4/p-2. The topological polar surface area (TPSA) is 0 Å². The molecule has 33 heavy (non-hydrogen) atoms. The second-order valence-electron chi connectivity index (χ2n) is 9.09. The number of benzene rings is 2. The summed E-state index contributed by atoms with van der Waals surface area (Å²) in [6.07, 6.45) is 2.26. The zero-order valence-electron chi connectivity index (χ0n) is 22.0. The van der Waals surface area contributed by atoms with E-state index < -0.39 is 0 Å². The van der Waals surface area contributed by atoms with Gasteiger partial charge in [-0.2, -0.15) is 12.1 Å². The molecule has 0 saturated heterocycles. The Labute approximate surface area is 233 Å². The molecule has 0 aliphatic rings. The molecular weight excluding hydrogens is 522 g/mol. The van der Waals surface area contributed by atoms with E-state index in [1.54, 1.807) is 0 Å². The Kier molecular flexibility index (Phi) is 12.4. The molecule has 0 saturated carbocycles. The van der Waals surface area contributed by atoms with E-state index in [9.17, 15) is 0 Å². The van der Waals surface area contributed by atoms with Gasteiger partial charge in [-0.25, -0.2) is 0 Å². The monoisotopic (exact) mass is 558 g/mol. The first kappa shape index (κ1) is 32.1. The van der Waals surface area contributed by atoms with Crippen LogP contribution in [0.2, 0.25) is 0 Å². The molecule has 3 heteroatoms. The van der Waals surface area contributed by atoms with Gasteiger partial charge in [0.05, 0.1) is 0 Å². The van der Waals surface area contributed by atoms with Crippen LogP contribution in [0.4, 0.5) is 0 Å². The maximum atomic E-state index is 2.35. The van der Waals surface area contributed by atoms with Gasteiger partial charge in [-0.15, -0.1) is 55.9 Å². The summed E-state index contributed by atoms with van der Waals surface area (Å²) in [5, 5.41) is 5.81. The predicted molar refractivity (Wildman–Crippen MR) is 136 cm³/mol. The molecule has 0 amide bonds. The summed E-state index contributed by atoms with van der Waals surface area (Å²) in [4.78, 5) is 0. The van der Waals surface area contributed by atoms with Crippen molar-refractivity contribution < 1.29 is 51.0 Å². The van der Waals surface area contributed by atoms with Crippen molar-refractivity contribution in [3.05, 3.63) is 79.9 Å². The molecule has 0 N–H and O–H groups in total. The van der Waals surface area contributed by atoms with Crippen molar-refractivity contribution in [1.82, 2.24) is 0 Å². The minimum absolute atomic E-state index is 0. The summed E-state index contributed by atoms with van der Waals surface area (Å²) in [6, 6.07) is 9.41. The van der Waals surface area contributed by atoms with Gasteiger partial charge in [-0.1, -0.05) is 61.1 Å². The Morgan fingerprint density at radius 3 is 1.03 bits per heavy atom. The second kappa shape index (κ2) is 12.7. The third kappa shape index (κ3) is 5.86.